The van der Waals surface area contributed by atoms with Crippen LogP contribution in [0.5, 0.6) is 11.5 Å². The summed E-state index contributed by atoms with van der Waals surface area (Å²) in [4.78, 5) is 16.6. The van der Waals surface area contributed by atoms with Crippen LogP contribution >= 0.6 is 11.3 Å². The number of methoxy groups -OCH3 is 2. The van der Waals surface area contributed by atoms with Crippen molar-refractivity contribution in [1.29, 1.82) is 0 Å². The van der Waals surface area contributed by atoms with Crippen molar-refractivity contribution in [3.05, 3.63) is 74.5 Å². The Bertz CT molecular complexity index is 1100. The number of carbonyl (C=O) groups is 1. The van der Waals surface area contributed by atoms with Crippen LogP contribution in [0.3, 0.4) is 0 Å². The molecule has 0 spiro atoms. The number of carbonyl (C=O) groups excluding carboxylic acids is 1. The second kappa shape index (κ2) is 9.35. The molecule has 5 nitrogen and oxygen atoms in total. The number of anilines is 1. The Labute approximate surface area is 194 Å². The van der Waals surface area contributed by atoms with E-state index in [1.54, 1.807) is 25.6 Å². The highest BCUT2D eigenvalue weighted by Gasteiger charge is 2.32. The van der Waals surface area contributed by atoms with E-state index in [0.717, 1.165) is 35.5 Å². The van der Waals surface area contributed by atoms with Gasteiger partial charge in [0.05, 0.1) is 26.8 Å². The minimum absolute atomic E-state index is 0.00418. The van der Waals surface area contributed by atoms with Crippen molar-refractivity contribution in [1.82, 2.24) is 4.90 Å². The molecule has 0 aliphatic carbocycles. The van der Waals surface area contributed by atoms with E-state index >= 15 is 0 Å². The standard InChI is InChI=1S/C26H30N2O3S/c1-16-11-17(2)25(18(3)12-16)27-24(29)15-28-9-8-19-13-21(30-4)22(31-5)14-20(19)26(28)23-7-6-10-32-23/h6-7,10-14,26H,8-9,15H2,1-5H3,(H,27,29)/t26-/m0/s1. The normalized spacial score (nSPS) is 15.8. The minimum Gasteiger partial charge on any atom is -0.493 e. The Hall–Kier alpha value is -2.83. The maximum Gasteiger partial charge on any atom is 0.238 e. The summed E-state index contributed by atoms with van der Waals surface area (Å²) in [6, 6.07) is 12.6. The first-order valence-corrected chi connectivity index (χ1v) is 11.7. The number of nitrogens with zero attached hydrogens (tertiary/aromatic N) is 1. The summed E-state index contributed by atoms with van der Waals surface area (Å²) >= 11 is 1.71. The van der Waals surface area contributed by atoms with Crippen molar-refractivity contribution >= 4 is 22.9 Å². The molecular weight excluding hydrogens is 420 g/mol. The molecule has 168 valence electrons. The third-order valence-electron chi connectivity index (χ3n) is 6.07. The van der Waals surface area contributed by atoms with E-state index in [2.05, 4.69) is 58.9 Å². The van der Waals surface area contributed by atoms with Gasteiger partial charge in [0.2, 0.25) is 5.91 Å². The van der Waals surface area contributed by atoms with Crippen LogP contribution < -0.4 is 14.8 Å². The van der Waals surface area contributed by atoms with Crippen molar-refractivity contribution in [2.45, 2.75) is 33.2 Å². The predicted molar refractivity (Wildman–Crippen MR) is 130 cm³/mol. The van der Waals surface area contributed by atoms with Gasteiger partial charge in [0, 0.05) is 17.1 Å². The van der Waals surface area contributed by atoms with Crippen molar-refractivity contribution in [3.63, 3.8) is 0 Å². The second-order valence-electron chi connectivity index (χ2n) is 8.37. The summed E-state index contributed by atoms with van der Waals surface area (Å²) in [6.45, 7) is 7.28. The summed E-state index contributed by atoms with van der Waals surface area (Å²) in [5, 5.41) is 5.25. The van der Waals surface area contributed by atoms with Crippen molar-refractivity contribution < 1.29 is 14.3 Å². The summed E-state index contributed by atoms with van der Waals surface area (Å²) in [5.74, 6) is 1.46. The Morgan fingerprint density at radius 2 is 1.78 bits per heavy atom. The smallest absolute Gasteiger partial charge is 0.238 e. The van der Waals surface area contributed by atoms with E-state index in [0.29, 0.717) is 12.3 Å². The topological polar surface area (TPSA) is 50.8 Å². The third-order valence-corrected chi connectivity index (χ3v) is 7.00. The largest absolute Gasteiger partial charge is 0.493 e. The van der Waals surface area contributed by atoms with E-state index < -0.39 is 0 Å². The number of rotatable bonds is 6. The number of thiophene rings is 1. The number of hydrogen-bond donors (Lipinski definition) is 1. The van der Waals surface area contributed by atoms with E-state index in [1.807, 2.05) is 13.8 Å². The molecule has 1 aliphatic heterocycles. The first kappa shape index (κ1) is 22.4. The molecule has 0 unspecified atom stereocenters. The first-order valence-electron chi connectivity index (χ1n) is 10.8. The van der Waals surface area contributed by atoms with E-state index in [9.17, 15) is 4.79 Å². The van der Waals surface area contributed by atoms with E-state index in [1.165, 1.54) is 21.6 Å². The van der Waals surface area contributed by atoms with Crippen LogP contribution in [0.4, 0.5) is 5.69 Å². The Kier molecular flexibility index (Phi) is 6.53. The van der Waals surface area contributed by atoms with Crippen LogP contribution in [-0.4, -0.2) is 38.1 Å². The molecule has 6 heteroatoms. The molecule has 2 aromatic carbocycles. The fraction of sp³-hybridized carbons (Fsp3) is 0.346. The zero-order valence-corrected chi connectivity index (χ0v) is 20.1. The molecule has 3 aromatic rings. The summed E-state index contributed by atoms with van der Waals surface area (Å²) in [7, 11) is 3.32. The fourth-order valence-electron chi connectivity index (χ4n) is 4.69. The number of aryl methyl sites for hydroxylation is 3. The maximum atomic E-state index is 13.1. The first-order chi connectivity index (χ1) is 15.4. The quantitative estimate of drug-likeness (QED) is 0.555. The number of benzene rings is 2. The minimum atomic E-state index is 0.00418. The van der Waals surface area contributed by atoms with Crippen LogP contribution in [0.15, 0.2) is 41.8 Å². The van der Waals surface area contributed by atoms with Crippen molar-refractivity contribution in [2.75, 3.05) is 32.6 Å². The van der Waals surface area contributed by atoms with E-state index in [-0.39, 0.29) is 11.9 Å². The molecule has 2 heterocycles. The zero-order chi connectivity index (χ0) is 22.8. The van der Waals surface area contributed by atoms with Gasteiger partial charge in [0.15, 0.2) is 11.5 Å². The van der Waals surface area contributed by atoms with Crippen LogP contribution in [0, 0.1) is 20.8 Å². The van der Waals surface area contributed by atoms with Gasteiger partial charge in [-0.25, -0.2) is 0 Å². The number of hydrogen-bond acceptors (Lipinski definition) is 5. The van der Waals surface area contributed by atoms with Gasteiger partial charge in [-0.15, -0.1) is 11.3 Å². The molecule has 32 heavy (non-hydrogen) atoms. The van der Waals surface area contributed by atoms with Gasteiger partial charge in [-0.1, -0.05) is 23.8 Å². The van der Waals surface area contributed by atoms with Crippen molar-refractivity contribution in [3.8, 4) is 11.5 Å². The summed E-state index contributed by atoms with van der Waals surface area (Å²) < 4.78 is 11.1. The lowest BCUT2D eigenvalue weighted by Gasteiger charge is -2.37. The SMILES string of the molecule is COc1cc2c(cc1OC)[C@@H](c1cccs1)N(CC(=O)Nc1c(C)cc(C)cc1C)CC2. The molecule has 1 amide bonds. The van der Waals surface area contributed by atoms with Gasteiger partial charge in [-0.3, -0.25) is 9.69 Å². The highest BCUT2D eigenvalue weighted by atomic mass is 32.1. The van der Waals surface area contributed by atoms with Crippen LogP contribution in [-0.2, 0) is 11.2 Å². The number of amides is 1. The number of nitrogens with one attached hydrogen (secondary N) is 1. The average molecular weight is 451 g/mol. The zero-order valence-electron chi connectivity index (χ0n) is 19.3. The number of fused-ring (bicyclic) bond motifs is 1. The van der Waals surface area contributed by atoms with Gasteiger partial charge >= 0.3 is 0 Å². The molecule has 0 bridgehead atoms. The van der Waals surface area contributed by atoms with Gasteiger partial charge in [0.1, 0.15) is 0 Å². The third kappa shape index (κ3) is 4.38. The molecule has 1 atom stereocenters. The molecule has 0 saturated heterocycles. The summed E-state index contributed by atoms with van der Waals surface area (Å²) in [6.07, 6.45) is 0.855. The second-order valence-corrected chi connectivity index (χ2v) is 9.35. The monoisotopic (exact) mass is 450 g/mol. The van der Waals surface area contributed by atoms with Crippen LogP contribution in [0.2, 0.25) is 0 Å². The number of ether oxygens (including phenoxy) is 2. The molecule has 1 aliphatic rings. The molecule has 4 rings (SSSR count). The van der Waals surface area contributed by atoms with Gasteiger partial charge in [-0.2, -0.15) is 0 Å². The average Bonchev–Trinajstić information content (AvgIpc) is 3.29. The van der Waals surface area contributed by atoms with Crippen LogP contribution in [0.25, 0.3) is 0 Å². The van der Waals surface area contributed by atoms with Gasteiger partial charge in [0.25, 0.3) is 0 Å². The molecular formula is C26H30N2O3S. The Balaban J connectivity index is 1.64. The lowest BCUT2D eigenvalue weighted by Crippen LogP contribution is -2.41. The highest BCUT2D eigenvalue weighted by Crippen LogP contribution is 2.42. The highest BCUT2D eigenvalue weighted by molar-refractivity contribution is 7.10. The van der Waals surface area contributed by atoms with Gasteiger partial charge in [-0.05, 0) is 73.0 Å². The molecule has 0 fully saturated rings. The van der Waals surface area contributed by atoms with Crippen LogP contribution in [0.1, 0.15) is 38.7 Å². The Morgan fingerprint density at radius 3 is 2.41 bits per heavy atom. The fourth-order valence-corrected chi connectivity index (χ4v) is 5.57. The molecule has 0 saturated carbocycles. The van der Waals surface area contributed by atoms with Crippen molar-refractivity contribution in [2.24, 2.45) is 0 Å². The molecule has 1 aromatic heterocycles. The summed E-state index contributed by atoms with van der Waals surface area (Å²) in [5.41, 5.74) is 6.71. The van der Waals surface area contributed by atoms with E-state index in [4.69, 9.17) is 9.47 Å². The predicted octanol–water partition coefficient (Wildman–Crippen LogP) is 5.28. The Morgan fingerprint density at radius 1 is 1.09 bits per heavy atom. The molecule has 1 N–H and O–H groups in total. The lowest BCUT2D eigenvalue weighted by molar-refractivity contribution is -0.117. The maximum absolute atomic E-state index is 13.1. The lowest BCUT2D eigenvalue weighted by atomic mass is 9.91. The van der Waals surface area contributed by atoms with Gasteiger partial charge < -0.3 is 14.8 Å². The molecule has 0 radical (unpaired) electrons.